The Hall–Kier alpha value is -0.580. The summed E-state index contributed by atoms with van der Waals surface area (Å²) >= 11 is 3.41. The lowest BCUT2D eigenvalue weighted by Gasteiger charge is -2.17. The van der Waals surface area contributed by atoms with Gasteiger partial charge in [-0.05, 0) is 40.5 Å². The van der Waals surface area contributed by atoms with E-state index in [1.54, 1.807) is 14.2 Å². The van der Waals surface area contributed by atoms with Crippen molar-refractivity contribution in [2.75, 3.05) is 14.2 Å². The molecule has 0 saturated heterocycles. The van der Waals surface area contributed by atoms with E-state index in [2.05, 4.69) is 15.9 Å². The molecule has 0 heterocycles. The van der Waals surface area contributed by atoms with E-state index < -0.39 is 6.10 Å². The molecule has 0 aliphatic heterocycles. The molecule has 0 spiro atoms. The molecule has 2 unspecified atom stereocenters. The van der Waals surface area contributed by atoms with Crippen molar-refractivity contribution in [3.8, 4) is 5.75 Å². The summed E-state index contributed by atoms with van der Waals surface area (Å²) in [5.74, 6) is 0.790. The SMILES string of the molecule is COc1ccc(CC(O)C(C)OC)cc1Br. The van der Waals surface area contributed by atoms with E-state index in [1.807, 2.05) is 25.1 Å². The van der Waals surface area contributed by atoms with Gasteiger partial charge in [0.05, 0.1) is 23.8 Å². The molecular weight excluding hydrogens is 272 g/mol. The molecule has 0 fully saturated rings. The number of ether oxygens (including phenoxy) is 2. The molecule has 4 heteroatoms. The van der Waals surface area contributed by atoms with Crippen LogP contribution in [0.25, 0.3) is 0 Å². The molecular formula is C12H17BrO3. The van der Waals surface area contributed by atoms with Crippen molar-refractivity contribution in [2.45, 2.75) is 25.6 Å². The minimum Gasteiger partial charge on any atom is -0.496 e. The predicted octanol–water partition coefficient (Wildman–Crippen LogP) is 2.40. The molecule has 16 heavy (non-hydrogen) atoms. The van der Waals surface area contributed by atoms with Crippen LogP contribution in [-0.4, -0.2) is 31.5 Å². The molecule has 0 bridgehead atoms. The van der Waals surface area contributed by atoms with Gasteiger partial charge in [-0.2, -0.15) is 0 Å². The number of aliphatic hydroxyl groups is 1. The van der Waals surface area contributed by atoms with Crippen molar-refractivity contribution in [1.82, 2.24) is 0 Å². The number of aliphatic hydroxyl groups excluding tert-OH is 1. The summed E-state index contributed by atoms with van der Waals surface area (Å²) in [7, 11) is 3.22. The van der Waals surface area contributed by atoms with Crippen molar-refractivity contribution >= 4 is 15.9 Å². The van der Waals surface area contributed by atoms with Gasteiger partial charge < -0.3 is 14.6 Å². The molecule has 0 amide bonds. The maximum atomic E-state index is 9.82. The lowest BCUT2D eigenvalue weighted by Crippen LogP contribution is -2.26. The van der Waals surface area contributed by atoms with Gasteiger partial charge in [0.2, 0.25) is 0 Å². The topological polar surface area (TPSA) is 38.7 Å². The van der Waals surface area contributed by atoms with E-state index in [0.717, 1.165) is 15.8 Å². The van der Waals surface area contributed by atoms with Crippen LogP contribution in [0.4, 0.5) is 0 Å². The number of methoxy groups -OCH3 is 2. The van der Waals surface area contributed by atoms with Crippen molar-refractivity contribution in [3.05, 3.63) is 28.2 Å². The molecule has 0 aliphatic carbocycles. The second-order valence-electron chi connectivity index (χ2n) is 3.68. The first-order valence-corrected chi connectivity index (χ1v) is 5.91. The lowest BCUT2D eigenvalue weighted by molar-refractivity contribution is 0.000397. The Labute approximate surface area is 105 Å². The van der Waals surface area contributed by atoms with Gasteiger partial charge in [-0.3, -0.25) is 0 Å². The molecule has 0 aliphatic rings. The van der Waals surface area contributed by atoms with Crippen LogP contribution in [0.15, 0.2) is 22.7 Å². The van der Waals surface area contributed by atoms with E-state index >= 15 is 0 Å². The summed E-state index contributed by atoms with van der Waals surface area (Å²) in [6.45, 7) is 1.85. The third kappa shape index (κ3) is 3.47. The van der Waals surface area contributed by atoms with E-state index in [-0.39, 0.29) is 6.10 Å². The first kappa shape index (κ1) is 13.5. The minimum atomic E-state index is -0.495. The fourth-order valence-corrected chi connectivity index (χ4v) is 1.99. The van der Waals surface area contributed by atoms with Crippen molar-refractivity contribution in [3.63, 3.8) is 0 Å². The molecule has 2 atom stereocenters. The van der Waals surface area contributed by atoms with Crippen molar-refractivity contribution < 1.29 is 14.6 Å². The van der Waals surface area contributed by atoms with Crippen LogP contribution in [0.3, 0.4) is 0 Å². The zero-order valence-electron chi connectivity index (χ0n) is 9.74. The van der Waals surface area contributed by atoms with Gasteiger partial charge in [0.15, 0.2) is 0 Å². The van der Waals surface area contributed by atoms with Crippen LogP contribution >= 0.6 is 15.9 Å². The Morgan fingerprint density at radius 2 is 2.06 bits per heavy atom. The summed E-state index contributed by atoms with van der Waals surface area (Å²) in [5.41, 5.74) is 1.05. The highest BCUT2D eigenvalue weighted by Gasteiger charge is 2.14. The summed E-state index contributed by atoms with van der Waals surface area (Å²) in [5, 5.41) is 9.82. The summed E-state index contributed by atoms with van der Waals surface area (Å²) in [6.07, 6.45) is -0.0939. The molecule has 3 nitrogen and oxygen atoms in total. The fraction of sp³-hybridized carbons (Fsp3) is 0.500. The van der Waals surface area contributed by atoms with Crippen molar-refractivity contribution in [1.29, 1.82) is 0 Å². The minimum absolute atomic E-state index is 0.166. The number of halogens is 1. The van der Waals surface area contributed by atoms with Crippen LogP contribution < -0.4 is 4.74 Å². The van der Waals surface area contributed by atoms with E-state index in [1.165, 1.54) is 0 Å². The first-order valence-electron chi connectivity index (χ1n) is 5.11. The van der Waals surface area contributed by atoms with Gasteiger partial charge in [0.1, 0.15) is 5.75 Å². The number of hydrogen-bond acceptors (Lipinski definition) is 3. The average Bonchev–Trinajstić information content (AvgIpc) is 2.28. The predicted molar refractivity (Wildman–Crippen MR) is 66.9 cm³/mol. The maximum Gasteiger partial charge on any atom is 0.133 e. The quantitative estimate of drug-likeness (QED) is 0.904. The highest BCUT2D eigenvalue weighted by Crippen LogP contribution is 2.26. The van der Waals surface area contributed by atoms with Gasteiger partial charge in [0.25, 0.3) is 0 Å². The number of rotatable bonds is 5. The molecule has 90 valence electrons. The Kier molecular flexibility index (Phi) is 5.25. The van der Waals surface area contributed by atoms with Gasteiger partial charge in [-0.1, -0.05) is 6.07 Å². The smallest absolute Gasteiger partial charge is 0.133 e. The Morgan fingerprint density at radius 1 is 1.38 bits per heavy atom. The average molecular weight is 289 g/mol. The molecule has 1 aromatic carbocycles. The van der Waals surface area contributed by atoms with Crippen molar-refractivity contribution in [2.24, 2.45) is 0 Å². The molecule has 0 radical (unpaired) electrons. The highest BCUT2D eigenvalue weighted by molar-refractivity contribution is 9.10. The number of benzene rings is 1. The summed E-state index contributed by atoms with van der Waals surface area (Å²) in [4.78, 5) is 0. The molecule has 1 aromatic rings. The van der Waals surface area contributed by atoms with Crippen LogP contribution in [0.2, 0.25) is 0 Å². The fourth-order valence-electron chi connectivity index (χ4n) is 1.40. The van der Waals surface area contributed by atoms with Gasteiger partial charge in [-0.25, -0.2) is 0 Å². The lowest BCUT2D eigenvalue weighted by atomic mass is 10.0. The van der Waals surface area contributed by atoms with Crippen LogP contribution in [-0.2, 0) is 11.2 Å². The second kappa shape index (κ2) is 6.23. The van der Waals surface area contributed by atoms with Crippen LogP contribution in [0, 0.1) is 0 Å². The van der Waals surface area contributed by atoms with Crippen LogP contribution in [0.5, 0.6) is 5.75 Å². The highest BCUT2D eigenvalue weighted by atomic mass is 79.9. The molecule has 1 N–H and O–H groups in total. The molecule has 0 saturated carbocycles. The largest absolute Gasteiger partial charge is 0.496 e. The van der Waals surface area contributed by atoms with Gasteiger partial charge >= 0.3 is 0 Å². The normalized spacial score (nSPS) is 14.6. The maximum absolute atomic E-state index is 9.82. The van der Waals surface area contributed by atoms with E-state index in [9.17, 15) is 5.11 Å². The van der Waals surface area contributed by atoms with Gasteiger partial charge in [0, 0.05) is 13.5 Å². The monoisotopic (exact) mass is 288 g/mol. The third-order valence-corrected chi connectivity index (χ3v) is 3.19. The van der Waals surface area contributed by atoms with E-state index in [0.29, 0.717) is 6.42 Å². The second-order valence-corrected chi connectivity index (χ2v) is 4.54. The molecule has 0 aromatic heterocycles. The Morgan fingerprint density at radius 3 is 2.56 bits per heavy atom. The Balaban J connectivity index is 2.71. The zero-order chi connectivity index (χ0) is 12.1. The Bertz CT molecular complexity index is 341. The first-order chi connectivity index (χ1) is 7.58. The zero-order valence-corrected chi connectivity index (χ0v) is 11.3. The summed E-state index contributed by atoms with van der Waals surface area (Å²) < 4.78 is 11.1. The molecule has 1 rings (SSSR count). The number of hydrogen-bond donors (Lipinski definition) is 1. The third-order valence-electron chi connectivity index (χ3n) is 2.57. The van der Waals surface area contributed by atoms with Gasteiger partial charge in [-0.15, -0.1) is 0 Å². The van der Waals surface area contributed by atoms with E-state index in [4.69, 9.17) is 9.47 Å². The standard InChI is InChI=1S/C12H17BrO3/c1-8(15-2)11(14)7-9-4-5-12(16-3)10(13)6-9/h4-6,8,11,14H,7H2,1-3H3. The summed E-state index contributed by atoms with van der Waals surface area (Å²) in [6, 6.07) is 5.77. The van der Waals surface area contributed by atoms with Crippen LogP contribution in [0.1, 0.15) is 12.5 Å².